The van der Waals surface area contributed by atoms with Crippen LogP contribution in [0.1, 0.15) is 5.56 Å². The Labute approximate surface area is 89.0 Å². The maximum absolute atomic E-state index is 11.6. The maximum Gasteiger partial charge on any atom is 0.242 e. The number of sulfonamides is 1. The first-order valence-corrected chi connectivity index (χ1v) is 5.92. The van der Waals surface area contributed by atoms with Crippen molar-refractivity contribution >= 4 is 15.7 Å². The summed E-state index contributed by atoms with van der Waals surface area (Å²) in [5.41, 5.74) is 6.70. The number of rotatable bonds is 4. The van der Waals surface area contributed by atoms with Crippen molar-refractivity contribution in [1.29, 1.82) is 0 Å². The molecule has 0 atom stereocenters. The summed E-state index contributed by atoms with van der Waals surface area (Å²) in [5, 5.41) is 8.53. The minimum atomic E-state index is -3.60. The van der Waals surface area contributed by atoms with Crippen molar-refractivity contribution in [2.45, 2.75) is 11.8 Å². The van der Waals surface area contributed by atoms with Gasteiger partial charge in [-0.2, -0.15) is 0 Å². The van der Waals surface area contributed by atoms with Crippen LogP contribution in [0.5, 0.6) is 0 Å². The van der Waals surface area contributed by atoms with Crippen LogP contribution < -0.4 is 10.5 Å². The molecule has 0 aliphatic heterocycles. The highest BCUT2D eigenvalue weighted by atomic mass is 32.2. The fraction of sp³-hybridized carbons (Fsp3) is 0.333. The van der Waals surface area contributed by atoms with E-state index in [1.807, 2.05) is 6.92 Å². The molecule has 0 aromatic heterocycles. The monoisotopic (exact) mass is 230 g/mol. The molecule has 0 saturated heterocycles. The Bertz CT molecular complexity index is 443. The number of nitrogens with two attached hydrogens (primary N) is 1. The molecule has 0 aliphatic carbocycles. The number of aryl methyl sites for hydroxylation is 1. The van der Waals surface area contributed by atoms with Crippen LogP contribution in [0.4, 0.5) is 5.69 Å². The van der Waals surface area contributed by atoms with E-state index >= 15 is 0 Å². The number of aliphatic hydroxyl groups is 1. The van der Waals surface area contributed by atoms with Crippen molar-refractivity contribution in [3.8, 4) is 0 Å². The Balaban J connectivity index is 3.05. The molecule has 0 amide bonds. The summed E-state index contributed by atoms with van der Waals surface area (Å²) in [4.78, 5) is 0.0431. The minimum absolute atomic E-state index is 0.0182. The summed E-state index contributed by atoms with van der Waals surface area (Å²) in [6.07, 6.45) is 0. The van der Waals surface area contributed by atoms with E-state index in [9.17, 15) is 8.42 Å². The van der Waals surface area contributed by atoms with Crippen LogP contribution >= 0.6 is 0 Å². The van der Waals surface area contributed by atoms with Gasteiger partial charge in [-0.25, -0.2) is 13.1 Å². The van der Waals surface area contributed by atoms with Gasteiger partial charge < -0.3 is 10.8 Å². The summed E-state index contributed by atoms with van der Waals surface area (Å²) in [5.74, 6) is 0. The van der Waals surface area contributed by atoms with Gasteiger partial charge in [-0.05, 0) is 24.6 Å². The second kappa shape index (κ2) is 4.61. The normalized spacial score (nSPS) is 11.6. The molecule has 0 heterocycles. The number of nitrogen functional groups attached to an aromatic ring is 1. The Morgan fingerprint density at radius 1 is 1.47 bits per heavy atom. The molecule has 0 aliphatic rings. The van der Waals surface area contributed by atoms with E-state index in [-0.39, 0.29) is 23.7 Å². The molecule has 0 spiro atoms. The van der Waals surface area contributed by atoms with Crippen LogP contribution in [0.3, 0.4) is 0 Å². The molecular weight excluding hydrogens is 216 g/mol. The zero-order valence-electron chi connectivity index (χ0n) is 8.40. The van der Waals surface area contributed by atoms with Crippen LogP contribution in [-0.2, 0) is 10.0 Å². The quantitative estimate of drug-likeness (QED) is 0.627. The number of nitrogens with one attached hydrogen (secondary N) is 1. The van der Waals surface area contributed by atoms with Crippen LogP contribution in [-0.4, -0.2) is 26.7 Å². The molecule has 0 fully saturated rings. The smallest absolute Gasteiger partial charge is 0.242 e. The predicted molar refractivity (Wildman–Crippen MR) is 57.9 cm³/mol. The first kappa shape index (κ1) is 12.0. The molecule has 0 unspecified atom stereocenters. The minimum Gasteiger partial charge on any atom is -0.398 e. The number of benzene rings is 1. The molecule has 1 rings (SSSR count). The third kappa shape index (κ3) is 2.92. The lowest BCUT2D eigenvalue weighted by atomic mass is 10.2. The average Bonchev–Trinajstić information content (AvgIpc) is 2.14. The van der Waals surface area contributed by atoms with E-state index in [0.29, 0.717) is 0 Å². The van der Waals surface area contributed by atoms with E-state index in [1.165, 1.54) is 6.07 Å². The molecule has 6 heteroatoms. The summed E-state index contributed by atoms with van der Waals surface area (Å²) < 4.78 is 25.5. The molecule has 0 bridgehead atoms. The first-order valence-electron chi connectivity index (χ1n) is 4.44. The highest BCUT2D eigenvalue weighted by Crippen LogP contribution is 2.18. The summed E-state index contributed by atoms with van der Waals surface area (Å²) in [6, 6.07) is 4.71. The SMILES string of the molecule is Cc1ccc(S(=O)(=O)NCCO)c(N)c1. The Kier molecular flexibility index (Phi) is 3.67. The van der Waals surface area contributed by atoms with Crippen LogP contribution in [0.15, 0.2) is 23.1 Å². The third-order valence-corrected chi connectivity index (χ3v) is 3.39. The molecule has 4 N–H and O–H groups in total. The summed E-state index contributed by atoms with van der Waals surface area (Å²) in [7, 11) is -3.60. The molecule has 0 radical (unpaired) electrons. The van der Waals surface area contributed by atoms with Gasteiger partial charge in [-0.1, -0.05) is 6.07 Å². The standard InChI is InChI=1S/C9H14N2O3S/c1-7-2-3-9(8(10)6-7)15(13,14)11-4-5-12/h2-3,6,11-12H,4-5,10H2,1H3. The van der Waals surface area contributed by atoms with Crippen molar-refractivity contribution in [3.05, 3.63) is 23.8 Å². The van der Waals surface area contributed by atoms with Gasteiger partial charge in [-0.3, -0.25) is 0 Å². The zero-order chi connectivity index (χ0) is 11.5. The molecular formula is C9H14N2O3S. The molecule has 1 aromatic carbocycles. The van der Waals surface area contributed by atoms with Crippen LogP contribution in [0, 0.1) is 6.92 Å². The zero-order valence-corrected chi connectivity index (χ0v) is 9.21. The van der Waals surface area contributed by atoms with Crippen molar-refractivity contribution in [3.63, 3.8) is 0 Å². The Morgan fingerprint density at radius 3 is 2.67 bits per heavy atom. The van der Waals surface area contributed by atoms with E-state index in [2.05, 4.69) is 4.72 Å². The number of hydrogen-bond donors (Lipinski definition) is 3. The predicted octanol–water partition coefficient (Wildman–Crippen LogP) is -0.152. The molecule has 0 saturated carbocycles. The molecule has 1 aromatic rings. The van der Waals surface area contributed by atoms with Crippen molar-refractivity contribution in [1.82, 2.24) is 4.72 Å². The number of hydrogen-bond acceptors (Lipinski definition) is 4. The highest BCUT2D eigenvalue weighted by Gasteiger charge is 2.16. The van der Waals surface area contributed by atoms with Gasteiger partial charge in [-0.15, -0.1) is 0 Å². The topological polar surface area (TPSA) is 92.4 Å². The fourth-order valence-electron chi connectivity index (χ4n) is 1.17. The average molecular weight is 230 g/mol. The first-order chi connectivity index (χ1) is 6.97. The lowest BCUT2D eigenvalue weighted by Crippen LogP contribution is -2.27. The highest BCUT2D eigenvalue weighted by molar-refractivity contribution is 7.89. The lowest BCUT2D eigenvalue weighted by molar-refractivity contribution is 0.301. The fourth-order valence-corrected chi connectivity index (χ4v) is 2.30. The van der Waals surface area contributed by atoms with Crippen molar-refractivity contribution in [2.75, 3.05) is 18.9 Å². The van der Waals surface area contributed by atoms with Gasteiger partial charge >= 0.3 is 0 Å². The Morgan fingerprint density at radius 2 is 2.13 bits per heavy atom. The second-order valence-corrected chi connectivity index (χ2v) is 4.90. The van der Waals surface area contributed by atoms with Gasteiger partial charge in [0.05, 0.1) is 12.3 Å². The second-order valence-electron chi connectivity index (χ2n) is 3.16. The van der Waals surface area contributed by atoms with Gasteiger partial charge in [0.25, 0.3) is 0 Å². The maximum atomic E-state index is 11.6. The van der Waals surface area contributed by atoms with Gasteiger partial charge in [0.15, 0.2) is 0 Å². The van der Waals surface area contributed by atoms with Gasteiger partial charge in [0.1, 0.15) is 4.90 Å². The largest absolute Gasteiger partial charge is 0.398 e. The summed E-state index contributed by atoms with van der Waals surface area (Å²) in [6.45, 7) is 1.56. The third-order valence-electron chi connectivity index (χ3n) is 1.86. The summed E-state index contributed by atoms with van der Waals surface area (Å²) >= 11 is 0. The van der Waals surface area contributed by atoms with Crippen LogP contribution in [0.25, 0.3) is 0 Å². The Hall–Kier alpha value is -1.11. The lowest BCUT2D eigenvalue weighted by Gasteiger charge is -2.08. The molecule has 84 valence electrons. The van der Waals surface area contributed by atoms with E-state index < -0.39 is 10.0 Å². The van der Waals surface area contributed by atoms with E-state index in [0.717, 1.165) is 5.56 Å². The van der Waals surface area contributed by atoms with Crippen molar-refractivity contribution < 1.29 is 13.5 Å². The number of aliphatic hydroxyl groups excluding tert-OH is 1. The van der Waals surface area contributed by atoms with E-state index in [1.54, 1.807) is 12.1 Å². The van der Waals surface area contributed by atoms with Gasteiger partial charge in [0.2, 0.25) is 10.0 Å². The van der Waals surface area contributed by atoms with Crippen molar-refractivity contribution in [2.24, 2.45) is 0 Å². The van der Waals surface area contributed by atoms with E-state index in [4.69, 9.17) is 10.8 Å². The number of anilines is 1. The van der Waals surface area contributed by atoms with Crippen LogP contribution in [0.2, 0.25) is 0 Å². The van der Waals surface area contributed by atoms with Gasteiger partial charge in [0, 0.05) is 6.54 Å². The molecule has 5 nitrogen and oxygen atoms in total. The molecule has 15 heavy (non-hydrogen) atoms.